The highest BCUT2D eigenvalue weighted by Crippen LogP contribution is 2.53. The summed E-state index contributed by atoms with van der Waals surface area (Å²) in [5, 5.41) is 0.755. The summed E-state index contributed by atoms with van der Waals surface area (Å²) in [6, 6.07) is 16.6. The Bertz CT molecular complexity index is 983. The van der Waals surface area contributed by atoms with E-state index in [9.17, 15) is 4.79 Å². The number of halogens is 1. The number of carbonyl (C=O) groups is 1. The molecule has 0 spiro atoms. The molecular weight excluding hydrogens is 424 g/mol. The van der Waals surface area contributed by atoms with Gasteiger partial charge in [-0.15, -0.1) is 0 Å². The Morgan fingerprint density at radius 3 is 2.35 bits per heavy atom. The second-order valence-corrected chi connectivity index (χ2v) is 12.3. The Kier molecular flexibility index (Phi) is 5.19. The summed E-state index contributed by atoms with van der Waals surface area (Å²) in [5.74, 6) is 0.200. The molecule has 1 aliphatic heterocycles. The molecular formula is C26H31ClN2OS. The third-order valence-electron chi connectivity index (χ3n) is 7.29. The van der Waals surface area contributed by atoms with Crippen molar-refractivity contribution in [3.63, 3.8) is 0 Å². The van der Waals surface area contributed by atoms with E-state index in [4.69, 9.17) is 11.6 Å². The summed E-state index contributed by atoms with van der Waals surface area (Å²) >= 11 is 7.64. The topological polar surface area (TPSA) is 32.3 Å². The van der Waals surface area contributed by atoms with Crippen molar-refractivity contribution in [2.24, 2.45) is 10.8 Å². The van der Waals surface area contributed by atoms with Crippen molar-refractivity contribution in [2.75, 3.05) is 6.54 Å². The Hall–Kier alpha value is -1.49. The molecule has 2 bridgehead atoms. The molecule has 1 N–H and O–H groups in total. The van der Waals surface area contributed by atoms with Crippen molar-refractivity contribution in [2.45, 2.75) is 69.4 Å². The predicted molar refractivity (Wildman–Crippen MR) is 128 cm³/mol. The molecule has 3 aliphatic rings. The average Bonchev–Trinajstić information content (AvgIpc) is 3.46. The summed E-state index contributed by atoms with van der Waals surface area (Å²) in [6.45, 7) is 7.96. The van der Waals surface area contributed by atoms with Crippen LogP contribution in [0.2, 0.25) is 5.02 Å². The number of nitrogens with zero attached hydrogens (tertiary/aromatic N) is 1. The molecule has 2 unspecified atom stereocenters. The lowest BCUT2D eigenvalue weighted by molar-refractivity contribution is 0.0708. The number of hydrogen-bond donors (Lipinski definition) is 1. The zero-order chi connectivity index (χ0) is 21.9. The first-order valence-corrected chi connectivity index (χ1v) is 12.5. The zero-order valence-electron chi connectivity index (χ0n) is 18.6. The summed E-state index contributed by atoms with van der Waals surface area (Å²) in [7, 11) is 0. The van der Waals surface area contributed by atoms with Gasteiger partial charge in [0.1, 0.15) is 0 Å². The highest BCUT2D eigenvalue weighted by Gasteiger charge is 2.51. The van der Waals surface area contributed by atoms with Crippen molar-refractivity contribution in [3.05, 3.63) is 64.7 Å². The number of amides is 1. The SMILES string of the molecule is CC1(C)CC2CC(C)(CN2C(=O)c2ccc(C3(NSc4ccc(Cl)cc4)CC3)cc2)C1. The fraction of sp³-hybridized carbons (Fsp3) is 0.500. The molecule has 1 heterocycles. The van der Waals surface area contributed by atoms with Gasteiger partial charge in [0.05, 0.1) is 5.54 Å². The highest BCUT2D eigenvalue weighted by molar-refractivity contribution is 7.97. The number of hydrogen-bond acceptors (Lipinski definition) is 3. The molecule has 2 aromatic carbocycles. The molecule has 164 valence electrons. The molecule has 1 amide bonds. The van der Waals surface area contributed by atoms with Crippen LogP contribution in [0.15, 0.2) is 53.4 Å². The van der Waals surface area contributed by atoms with Crippen LogP contribution in [0.25, 0.3) is 0 Å². The van der Waals surface area contributed by atoms with E-state index < -0.39 is 0 Å². The monoisotopic (exact) mass is 454 g/mol. The van der Waals surface area contributed by atoms with Gasteiger partial charge in [-0.05, 0) is 96.8 Å². The van der Waals surface area contributed by atoms with E-state index >= 15 is 0 Å². The molecule has 2 aliphatic carbocycles. The van der Waals surface area contributed by atoms with Gasteiger partial charge in [-0.2, -0.15) is 0 Å². The van der Waals surface area contributed by atoms with E-state index in [-0.39, 0.29) is 16.9 Å². The van der Waals surface area contributed by atoms with Gasteiger partial charge in [-0.3, -0.25) is 4.79 Å². The lowest BCUT2D eigenvalue weighted by atomic mass is 9.65. The minimum Gasteiger partial charge on any atom is -0.335 e. The second-order valence-electron chi connectivity index (χ2n) is 11.0. The van der Waals surface area contributed by atoms with Crippen LogP contribution in [0.1, 0.15) is 68.8 Å². The molecule has 31 heavy (non-hydrogen) atoms. The minimum absolute atomic E-state index is 0.00751. The Labute approximate surface area is 195 Å². The Morgan fingerprint density at radius 1 is 1.03 bits per heavy atom. The highest BCUT2D eigenvalue weighted by atomic mass is 35.5. The van der Waals surface area contributed by atoms with Gasteiger partial charge in [0.25, 0.3) is 5.91 Å². The van der Waals surface area contributed by atoms with Gasteiger partial charge < -0.3 is 4.90 Å². The molecule has 0 aromatic heterocycles. The van der Waals surface area contributed by atoms with E-state index in [0.717, 1.165) is 47.7 Å². The molecule has 2 saturated carbocycles. The lowest BCUT2D eigenvalue weighted by Crippen LogP contribution is -2.37. The van der Waals surface area contributed by atoms with Crippen LogP contribution in [0.5, 0.6) is 0 Å². The van der Waals surface area contributed by atoms with Crippen molar-refractivity contribution in [1.29, 1.82) is 0 Å². The van der Waals surface area contributed by atoms with Gasteiger partial charge in [-0.25, -0.2) is 4.72 Å². The quantitative estimate of drug-likeness (QED) is 0.512. The van der Waals surface area contributed by atoms with Crippen LogP contribution < -0.4 is 4.72 Å². The van der Waals surface area contributed by atoms with Gasteiger partial charge in [0, 0.05) is 28.1 Å². The van der Waals surface area contributed by atoms with Crippen molar-refractivity contribution in [3.8, 4) is 0 Å². The predicted octanol–water partition coefficient (Wildman–Crippen LogP) is 6.67. The second kappa shape index (κ2) is 7.54. The van der Waals surface area contributed by atoms with Gasteiger partial charge in [0.15, 0.2) is 0 Å². The van der Waals surface area contributed by atoms with Gasteiger partial charge in [-0.1, -0.05) is 44.5 Å². The summed E-state index contributed by atoms with van der Waals surface area (Å²) < 4.78 is 3.65. The fourth-order valence-electron chi connectivity index (χ4n) is 6.03. The van der Waals surface area contributed by atoms with Crippen molar-refractivity contribution < 1.29 is 4.79 Å². The number of carbonyl (C=O) groups excluding carboxylic acids is 1. The van der Waals surface area contributed by atoms with Crippen molar-refractivity contribution in [1.82, 2.24) is 9.62 Å². The van der Waals surface area contributed by atoms with Crippen LogP contribution in [0, 0.1) is 10.8 Å². The van der Waals surface area contributed by atoms with E-state index in [1.807, 2.05) is 36.4 Å². The van der Waals surface area contributed by atoms with Crippen LogP contribution in [0.3, 0.4) is 0 Å². The third kappa shape index (κ3) is 4.27. The first-order valence-electron chi connectivity index (χ1n) is 11.3. The number of likely N-dealkylation sites (tertiary alicyclic amines) is 1. The number of rotatable bonds is 5. The van der Waals surface area contributed by atoms with Gasteiger partial charge in [0.2, 0.25) is 0 Å². The number of nitrogens with one attached hydrogen (secondary N) is 1. The molecule has 3 fully saturated rings. The number of fused-ring (bicyclic) bond motifs is 2. The molecule has 5 rings (SSSR count). The maximum Gasteiger partial charge on any atom is 0.254 e. The largest absolute Gasteiger partial charge is 0.335 e. The van der Waals surface area contributed by atoms with Crippen LogP contribution in [-0.2, 0) is 5.54 Å². The van der Waals surface area contributed by atoms with Crippen molar-refractivity contribution >= 4 is 29.5 Å². The van der Waals surface area contributed by atoms with E-state index in [1.165, 1.54) is 12.0 Å². The first-order chi connectivity index (χ1) is 14.7. The zero-order valence-corrected chi connectivity index (χ0v) is 20.2. The summed E-state index contributed by atoms with van der Waals surface area (Å²) in [5.41, 5.74) is 2.68. The fourth-order valence-corrected chi connectivity index (χ4v) is 7.06. The standard InChI is InChI=1S/C26H31ClN2OS/c1-24(2)14-21-15-25(3,16-24)17-29(21)23(30)18-4-6-19(7-5-18)26(12-13-26)28-31-22-10-8-20(27)9-11-22/h4-11,21,28H,12-17H2,1-3H3. The minimum atomic E-state index is 0.00751. The third-order valence-corrected chi connectivity index (χ3v) is 8.54. The molecule has 2 aromatic rings. The van der Waals surface area contributed by atoms with E-state index in [0.29, 0.717) is 11.5 Å². The molecule has 1 saturated heterocycles. The first kappa shape index (κ1) is 21.4. The van der Waals surface area contributed by atoms with E-state index in [2.05, 4.69) is 42.5 Å². The Morgan fingerprint density at radius 2 is 1.71 bits per heavy atom. The molecule has 3 nitrogen and oxygen atoms in total. The van der Waals surface area contributed by atoms with Gasteiger partial charge >= 0.3 is 0 Å². The summed E-state index contributed by atoms with van der Waals surface area (Å²) in [4.78, 5) is 16.7. The van der Waals surface area contributed by atoms with Crippen LogP contribution in [-0.4, -0.2) is 23.4 Å². The normalized spacial score (nSPS) is 27.9. The Balaban J connectivity index is 1.27. The van der Waals surface area contributed by atoms with Crippen LogP contribution in [0.4, 0.5) is 0 Å². The molecule has 0 radical (unpaired) electrons. The summed E-state index contributed by atoms with van der Waals surface area (Å²) in [6.07, 6.45) is 5.69. The van der Waals surface area contributed by atoms with Crippen LogP contribution >= 0.6 is 23.5 Å². The maximum atomic E-state index is 13.4. The van der Waals surface area contributed by atoms with E-state index in [1.54, 1.807) is 11.9 Å². The lowest BCUT2D eigenvalue weighted by Gasteiger charge is -2.39. The maximum absolute atomic E-state index is 13.4. The molecule has 5 heteroatoms. The average molecular weight is 455 g/mol. The smallest absolute Gasteiger partial charge is 0.254 e. The molecule has 2 atom stereocenters. The number of benzene rings is 2.